The van der Waals surface area contributed by atoms with Crippen molar-refractivity contribution >= 4 is 17.3 Å². The van der Waals surface area contributed by atoms with Crippen molar-refractivity contribution in [1.29, 1.82) is 0 Å². The highest BCUT2D eigenvalue weighted by Crippen LogP contribution is 2.10. The Morgan fingerprint density at radius 2 is 2.38 bits per heavy atom. The average Bonchev–Trinajstić information content (AvgIpc) is 2.63. The number of ether oxygens (including phenoxy) is 1. The normalized spacial score (nSPS) is 10.8. The first-order valence-electron chi connectivity index (χ1n) is 5.44. The third-order valence-corrected chi connectivity index (χ3v) is 2.79. The van der Waals surface area contributed by atoms with Gasteiger partial charge in [0.25, 0.3) is 0 Å². The lowest BCUT2D eigenvalue weighted by molar-refractivity contribution is -0.142. The van der Waals surface area contributed by atoms with Gasteiger partial charge in [0.15, 0.2) is 0 Å². The number of hydrogen-bond acceptors (Lipinski definition) is 5. The van der Waals surface area contributed by atoms with Gasteiger partial charge < -0.3 is 10.1 Å². The molecule has 1 rings (SSSR count). The fraction of sp³-hybridized carbons (Fsp3) is 0.636. The molecule has 0 amide bonds. The van der Waals surface area contributed by atoms with Gasteiger partial charge in [0.1, 0.15) is 5.01 Å². The maximum Gasteiger partial charge on any atom is 0.311 e. The first-order valence-corrected chi connectivity index (χ1v) is 6.32. The van der Waals surface area contributed by atoms with E-state index in [1.165, 1.54) is 0 Å². The number of hydrogen-bond donors (Lipinski definition) is 1. The summed E-state index contributed by atoms with van der Waals surface area (Å²) in [6.45, 7) is 7.16. The third-order valence-electron chi connectivity index (χ3n) is 1.89. The number of rotatable bonds is 6. The minimum absolute atomic E-state index is 0.212. The topological polar surface area (TPSA) is 51.2 Å². The quantitative estimate of drug-likeness (QED) is 0.772. The van der Waals surface area contributed by atoms with Crippen molar-refractivity contribution in [2.45, 2.75) is 39.8 Å². The number of nitrogens with one attached hydrogen (secondary N) is 1. The SMILES string of the molecule is CCOC(=O)Cc1csc(CNC(C)C)n1. The average molecular weight is 242 g/mol. The molecule has 0 aliphatic carbocycles. The van der Waals surface area contributed by atoms with Crippen LogP contribution in [-0.4, -0.2) is 23.6 Å². The molecular formula is C11H18N2O2S. The largest absolute Gasteiger partial charge is 0.466 e. The van der Waals surface area contributed by atoms with Crippen LogP contribution in [-0.2, 0) is 22.5 Å². The molecule has 0 radical (unpaired) electrons. The summed E-state index contributed by atoms with van der Waals surface area (Å²) in [4.78, 5) is 15.6. The van der Waals surface area contributed by atoms with Crippen LogP contribution >= 0.6 is 11.3 Å². The van der Waals surface area contributed by atoms with Crippen LogP contribution in [0.3, 0.4) is 0 Å². The van der Waals surface area contributed by atoms with Gasteiger partial charge in [-0.25, -0.2) is 4.98 Å². The Morgan fingerprint density at radius 1 is 1.62 bits per heavy atom. The Balaban J connectivity index is 2.42. The molecular weight excluding hydrogens is 224 g/mol. The fourth-order valence-electron chi connectivity index (χ4n) is 1.16. The number of carbonyl (C=O) groups is 1. The van der Waals surface area contributed by atoms with E-state index in [9.17, 15) is 4.79 Å². The van der Waals surface area contributed by atoms with Crippen LogP contribution in [0.25, 0.3) is 0 Å². The first-order chi connectivity index (χ1) is 7.61. The van der Waals surface area contributed by atoms with E-state index in [-0.39, 0.29) is 12.4 Å². The molecule has 0 aromatic carbocycles. The van der Waals surface area contributed by atoms with Crippen molar-refractivity contribution in [1.82, 2.24) is 10.3 Å². The minimum Gasteiger partial charge on any atom is -0.466 e. The van der Waals surface area contributed by atoms with Gasteiger partial charge in [0.2, 0.25) is 0 Å². The van der Waals surface area contributed by atoms with Crippen LogP contribution < -0.4 is 5.32 Å². The van der Waals surface area contributed by atoms with Gasteiger partial charge in [-0.2, -0.15) is 0 Å². The van der Waals surface area contributed by atoms with Crippen molar-refractivity contribution in [3.8, 4) is 0 Å². The second-order valence-corrected chi connectivity index (χ2v) is 4.69. The molecule has 0 unspecified atom stereocenters. The highest BCUT2D eigenvalue weighted by Gasteiger charge is 2.08. The van der Waals surface area contributed by atoms with E-state index in [1.807, 2.05) is 5.38 Å². The summed E-state index contributed by atoms with van der Waals surface area (Å²) in [6.07, 6.45) is 0.270. The third kappa shape index (κ3) is 4.72. The lowest BCUT2D eigenvalue weighted by Crippen LogP contribution is -2.21. The van der Waals surface area contributed by atoms with E-state index in [0.717, 1.165) is 17.2 Å². The maximum absolute atomic E-state index is 11.2. The van der Waals surface area contributed by atoms with E-state index in [2.05, 4.69) is 24.1 Å². The molecule has 0 spiro atoms. The summed E-state index contributed by atoms with van der Waals surface area (Å²) < 4.78 is 4.86. The monoisotopic (exact) mass is 242 g/mol. The lowest BCUT2D eigenvalue weighted by Gasteiger charge is -2.04. The zero-order valence-corrected chi connectivity index (χ0v) is 10.8. The second-order valence-electron chi connectivity index (χ2n) is 3.75. The maximum atomic E-state index is 11.2. The molecule has 1 aromatic heterocycles. The molecule has 90 valence electrons. The van der Waals surface area contributed by atoms with Crippen LogP contribution in [0.2, 0.25) is 0 Å². The number of carbonyl (C=O) groups excluding carboxylic acids is 1. The molecule has 0 atom stereocenters. The summed E-state index contributed by atoms with van der Waals surface area (Å²) >= 11 is 1.57. The van der Waals surface area contributed by atoms with E-state index in [1.54, 1.807) is 18.3 Å². The van der Waals surface area contributed by atoms with Crippen LogP contribution in [0.1, 0.15) is 31.5 Å². The highest BCUT2D eigenvalue weighted by atomic mass is 32.1. The molecule has 0 fully saturated rings. The number of nitrogens with zero attached hydrogens (tertiary/aromatic N) is 1. The van der Waals surface area contributed by atoms with E-state index in [0.29, 0.717) is 12.6 Å². The Labute approximate surface area is 100 Å². The van der Waals surface area contributed by atoms with Gasteiger partial charge >= 0.3 is 5.97 Å². The van der Waals surface area contributed by atoms with E-state index in [4.69, 9.17) is 4.74 Å². The Bertz CT molecular complexity index is 336. The van der Waals surface area contributed by atoms with Crippen molar-refractivity contribution < 1.29 is 9.53 Å². The summed E-state index contributed by atoms with van der Waals surface area (Å²) in [6, 6.07) is 0.442. The fourth-order valence-corrected chi connectivity index (χ4v) is 1.91. The molecule has 0 bridgehead atoms. The van der Waals surface area contributed by atoms with Crippen molar-refractivity contribution in [3.05, 3.63) is 16.1 Å². The van der Waals surface area contributed by atoms with E-state index < -0.39 is 0 Å². The standard InChI is InChI=1S/C11H18N2O2S/c1-4-15-11(14)5-9-7-16-10(13-9)6-12-8(2)3/h7-8,12H,4-6H2,1-3H3. The first kappa shape index (κ1) is 13.1. The number of aromatic nitrogens is 1. The van der Waals surface area contributed by atoms with Crippen molar-refractivity contribution in [3.63, 3.8) is 0 Å². The van der Waals surface area contributed by atoms with Crippen LogP contribution in [0.5, 0.6) is 0 Å². The predicted molar refractivity (Wildman–Crippen MR) is 64.4 cm³/mol. The second kappa shape index (κ2) is 6.60. The molecule has 4 nitrogen and oxygen atoms in total. The number of thiazole rings is 1. The number of esters is 1. The van der Waals surface area contributed by atoms with Crippen LogP contribution in [0.15, 0.2) is 5.38 Å². The van der Waals surface area contributed by atoms with Gasteiger partial charge in [0, 0.05) is 18.0 Å². The Kier molecular flexibility index (Phi) is 5.42. The highest BCUT2D eigenvalue weighted by molar-refractivity contribution is 7.09. The van der Waals surface area contributed by atoms with Gasteiger partial charge in [0.05, 0.1) is 18.7 Å². The smallest absolute Gasteiger partial charge is 0.311 e. The molecule has 5 heteroatoms. The van der Waals surface area contributed by atoms with E-state index >= 15 is 0 Å². The van der Waals surface area contributed by atoms with Crippen molar-refractivity contribution in [2.75, 3.05) is 6.61 Å². The zero-order chi connectivity index (χ0) is 12.0. The Morgan fingerprint density at radius 3 is 3.00 bits per heavy atom. The molecule has 0 saturated carbocycles. The summed E-state index contributed by atoms with van der Waals surface area (Å²) in [5.74, 6) is -0.212. The molecule has 1 heterocycles. The summed E-state index contributed by atoms with van der Waals surface area (Å²) in [7, 11) is 0. The van der Waals surface area contributed by atoms with Crippen LogP contribution in [0.4, 0.5) is 0 Å². The van der Waals surface area contributed by atoms with Crippen molar-refractivity contribution in [2.24, 2.45) is 0 Å². The molecule has 16 heavy (non-hydrogen) atoms. The lowest BCUT2D eigenvalue weighted by atomic mass is 10.3. The zero-order valence-electron chi connectivity index (χ0n) is 9.95. The van der Waals surface area contributed by atoms with Gasteiger partial charge in [-0.15, -0.1) is 11.3 Å². The minimum atomic E-state index is -0.212. The Hall–Kier alpha value is -0.940. The van der Waals surface area contributed by atoms with Crippen LogP contribution in [0, 0.1) is 0 Å². The van der Waals surface area contributed by atoms with Gasteiger partial charge in [-0.1, -0.05) is 13.8 Å². The predicted octanol–water partition coefficient (Wildman–Crippen LogP) is 1.75. The summed E-state index contributed by atoms with van der Waals surface area (Å²) in [5, 5.41) is 6.20. The van der Waals surface area contributed by atoms with Gasteiger partial charge in [-0.05, 0) is 6.92 Å². The molecule has 1 aromatic rings. The van der Waals surface area contributed by atoms with Gasteiger partial charge in [-0.3, -0.25) is 4.79 Å². The molecule has 0 aliphatic heterocycles. The summed E-state index contributed by atoms with van der Waals surface area (Å²) in [5.41, 5.74) is 0.795. The molecule has 0 saturated heterocycles. The molecule has 0 aliphatic rings. The molecule has 1 N–H and O–H groups in total.